The number of rotatable bonds is 2. The molecule has 4 heteroatoms. The Hall–Kier alpha value is -0.200. The standard InChI is InChI=1S/C8H9FINO/c9-6-3-1-2-5(8(6)10)7(12)4-11/h1-3,7,12H,4,11H2/t7-/m1/s1. The average Bonchev–Trinajstić information content (AvgIpc) is 2.08. The highest BCUT2D eigenvalue weighted by molar-refractivity contribution is 14.1. The van der Waals surface area contributed by atoms with Crippen molar-refractivity contribution in [2.24, 2.45) is 5.73 Å². The van der Waals surface area contributed by atoms with Gasteiger partial charge >= 0.3 is 0 Å². The van der Waals surface area contributed by atoms with Gasteiger partial charge in [-0.15, -0.1) is 0 Å². The molecule has 0 unspecified atom stereocenters. The van der Waals surface area contributed by atoms with Crippen LogP contribution in [0.1, 0.15) is 11.7 Å². The van der Waals surface area contributed by atoms with E-state index < -0.39 is 6.10 Å². The van der Waals surface area contributed by atoms with Gasteiger partial charge in [0.2, 0.25) is 0 Å². The van der Waals surface area contributed by atoms with E-state index >= 15 is 0 Å². The van der Waals surface area contributed by atoms with Gasteiger partial charge in [-0.1, -0.05) is 12.1 Å². The van der Waals surface area contributed by atoms with Gasteiger partial charge in [0.25, 0.3) is 0 Å². The Kier molecular flexibility index (Phi) is 3.42. The van der Waals surface area contributed by atoms with Gasteiger partial charge in [0, 0.05) is 6.54 Å². The smallest absolute Gasteiger partial charge is 0.136 e. The summed E-state index contributed by atoms with van der Waals surface area (Å²) in [6.45, 7) is 0.111. The number of aliphatic hydroxyl groups is 1. The molecule has 0 aromatic heterocycles. The largest absolute Gasteiger partial charge is 0.387 e. The Morgan fingerprint density at radius 3 is 2.83 bits per heavy atom. The zero-order chi connectivity index (χ0) is 9.14. The first-order chi connectivity index (χ1) is 5.66. The molecule has 0 heterocycles. The summed E-state index contributed by atoms with van der Waals surface area (Å²) in [6, 6.07) is 4.59. The van der Waals surface area contributed by atoms with Gasteiger partial charge in [0.15, 0.2) is 0 Å². The Bertz CT molecular complexity index is 280. The summed E-state index contributed by atoms with van der Waals surface area (Å²) >= 11 is 1.85. The predicted octanol–water partition coefficient (Wildman–Crippen LogP) is 1.42. The summed E-state index contributed by atoms with van der Waals surface area (Å²) in [6.07, 6.45) is -0.771. The molecule has 0 fully saturated rings. The first kappa shape index (κ1) is 9.88. The molecule has 0 aliphatic rings. The van der Waals surface area contributed by atoms with Gasteiger partial charge in [-0.2, -0.15) is 0 Å². The number of hydrogen-bond acceptors (Lipinski definition) is 2. The van der Waals surface area contributed by atoms with Crippen LogP contribution in [0.15, 0.2) is 18.2 Å². The highest BCUT2D eigenvalue weighted by Crippen LogP contribution is 2.21. The summed E-state index contributed by atoms with van der Waals surface area (Å²) in [5.41, 5.74) is 5.80. The molecule has 0 aliphatic heterocycles. The Morgan fingerprint density at radius 1 is 1.58 bits per heavy atom. The minimum absolute atomic E-state index is 0.111. The molecular formula is C8H9FINO. The van der Waals surface area contributed by atoms with Gasteiger partial charge in [-0.25, -0.2) is 4.39 Å². The fourth-order valence-corrected chi connectivity index (χ4v) is 1.62. The van der Waals surface area contributed by atoms with Crippen molar-refractivity contribution in [1.82, 2.24) is 0 Å². The molecule has 1 aromatic rings. The Labute approximate surface area is 83.7 Å². The lowest BCUT2D eigenvalue weighted by molar-refractivity contribution is 0.185. The minimum Gasteiger partial charge on any atom is -0.387 e. The highest BCUT2D eigenvalue weighted by Gasteiger charge is 2.11. The Balaban J connectivity index is 3.07. The predicted molar refractivity (Wildman–Crippen MR) is 53.1 cm³/mol. The number of benzene rings is 1. The molecule has 3 N–H and O–H groups in total. The monoisotopic (exact) mass is 281 g/mol. The van der Waals surface area contributed by atoms with Crippen LogP contribution in [-0.4, -0.2) is 11.7 Å². The maximum absolute atomic E-state index is 12.9. The van der Waals surface area contributed by atoms with E-state index in [-0.39, 0.29) is 12.4 Å². The zero-order valence-corrected chi connectivity index (χ0v) is 8.45. The second-order valence-electron chi connectivity index (χ2n) is 2.39. The molecule has 0 bridgehead atoms. The van der Waals surface area contributed by atoms with E-state index in [2.05, 4.69) is 0 Å². The van der Waals surface area contributed by atoms with E-state index in [1.165, 1.54) is 6.07 Å². The first-order valence-corrected chi connectivity index (χ1v) is 4.56. The van der Waals surface area contributed by atoms with Crippen LogP contribution in [0.25, 0.3) is 0 Å². The van der Waals surface area contributed by atoms with Crippen molar-refractivity contribution < 1.29 is 9.50 Å². The van der Waals surface area contributed by atoms with Gasteiger partial charge in [0.05, 0.1) is 9.67 Å². The molecule has 0 spiro atoms. The second kappa shape index (κ2) is 4.15. The molecule has 0 saturated heterocycles. The normalized spacial score (nSPS) is 13.0. The average molecular weight is 281 g/mol. The van der Waals surface area contributed by atoms with Crippen LogP contribution >= 0.6 is 22.6 Å². The van der Waals surface area contributed by atoms with Crippen molar-refractivity contribution in [3.05, 3.63) is 33.1 Å². The Morgan fingerprint density at radius 2 is 2.25 bits per heavy atom. The van der Waals surface area contributed by atoms with E-state index in [1.807, 2.05) is 22.6 Å². The highest BCUT2D eigenvalue weighted by atomic mass is 127. The minimum atomic E-state index is -0.771. The van der Waals surface area contributed by atoms with Crippen LogP contribution in [0.4, 0.5) is 4.39 Å². The lowest BCUT2D eigenvalue weighted by Gasteiger charge is -2.10. The zero-order valence-electron chi connectivity index (χ0n) is 6.30. The molecule has 1 rings (SSSR count). The molecular weight excluding hydrogens is 272 g/mol. The lowest BCUT2D eigenvalue weighted by Crippen LogP contribution is -2.13. The number of halogens is 2. The molecule has 1 atom stereocenters. The van der Waals surface area contributed by atoms with E-state index in [1.54, 1.807) is 12.1 Å². The quantitative estimate of drug-likeness (QED) is 0.805. The summed E-state index contributed by atoms with van der Waals surface area (Å²) in [5.74, 6) is -0.319. The van der Waals surface area contributed by atoms with E-state index in [4.69, 9.17) is 5.73 Å². The number of aliphatic hydroxyl groups excluding tert-OH is 1. The number of hydrogen-bond donors (Lipinski definition) is 2. The third-order valence-electron chi connectivity index (χ3n) is 1.56. The van der Waals surface area contributed by atoms with E-state index in [0.29, 0.717) is 9.13 Å². The molecule has 1 aromatic carbocycles. The first-order valence-electron chi connectivity index (χ1n) is 3.49. The van der Waals surface area contributed by atoms with Gasteiger partial charge < -0.3 is 10.8 Å². The van der Waals surface area contributed by atoms with Crippen molar-refractivity contribution in [3.63, 3.8) is 0 Å². The van der Waals surface area contributed by atoms with Crippen LogP contribution < -0.4 is 5.73 Å². The second-order valence-corrected chi connectivity index (χ2v) is 3.47. The summed E-state index contributed by atoms with van der Waals surface area (Å²) in [7, 11) is 0. The van der Waals surface area contributed by atoms with Crippen LogP contribution in [0, 0.1) is 9.39 Å². The fourth-order valence-electron chi connectivity index (χ4n) is 0.905. The molecule has 0 amide bonds. The molecule has 2 nitrogen and oxygen atoms in total. The lowest BCUT2D eigenvalue weighted by atomic mass is 10.1. The summed E-state index contributed by atoms with van der Waals surface area (Å²) in [5, 5.41) is 9.34. The third-order valence-corrected chi connectivity index (χ3v) is 2.70. The summed E-state index contributed by atoms with van der Waals surface area (Å²) in [4.78, 5) is 0. The molecule has 0 saturated carbocycles. The van der Waals surface area contributed by atoms with Crippen LogP contribution in [0.3, 0.4) is 0 Å². The number of nitrogens with two attached hydrogens (primary N) is 1. The van der Waals surface area contributed by atoms with E-state index in [9.17, 15) is 9.50 Å². The van der Waals surface area contributed by atoms with Crippen molar-refractivity contribution in [1.29, 1.82) is 0 Å². The van der Waals surface area contributed by atoms with Crippen molar-refractivity contribution in [2.45, 2.75) is 6.10 Å². The molecule has 66 valence electrons. The molecule has 0 radical (unpaired) electrons. The topological polar surface area (TPSA) is 46.2 Å². The van der Waals surface area contributed by atoms with Gasteiger partial charge in [-0.05, 0) is 34.2 Å². The van der Waals surface area contributed by atoms with Crippen LogP contribution in [0.5, 0.6) is 0 Å². The molecule has 0 aliphatic carbocycles. The van der Waals surface area contributed by atoms with E-state index in [0.717, 1.165) is 0 Å². The van der Waals surface area contributed by atoms with Crippen molar-refractivity contribution >= 4 is 22.6 Å². The molecule has 12 heavy (non-hydrogen) atoms. The maximum Gasteiger partial charge on any atom is 0.136 e. The van der Waals surface area contributed by atoms with Crippen LogP contribution in [0.2, 0.25) is 0 Å². The van der Waals surface area contributed by atoms with Crippen LogP contribution in [-0.2, 0) is 0 Å². The fraction of sp³-hybridized carbons (Fsp3) is 0.250. The van der Waals surface area contributed by atoms with Gasteiger partial charge in [-0.3, -0.25) is 0 Å². The van der Waals surface area contributed by atoms with Crippen molar-refractivity contribution in [3.8, 4) is 0 Å². The summed E-state index contributed by atoms with van der Waals surface area (Å²) < 4.78 is 13.4. The van der Waals surface area contributed by atoms with Gasteiger partial charge in [0.1, 0.15) is 5.82 Å². The third kappa shape index (κ3) is 1.94. The van der Waals surface area contributed by atoms with Crippen molar-refractivity contribution in [2.75, 3.05) is 6.54 Å². The maximum atomic E-state index is 12.9. The SMILES string of the molecule is NC[C@@H](O)c1cccc(F)c1I.